The Balaban J connectivity index is 0.00000280. The fourth-order valence-corrected chi connectivity index (χ4v) is 3.83. The van der Waals surface area contributed by atoms with Gasteiger partial charge in [-0.05, 0) is 38.1 Å². The first-order valence-electron chi connectivity index (χ1n) is 9.59. The van der Waals surface area contributed by atoms with Gasteiger partial charge >= 0.3 is 0 Å². The van der Waals surface area contributed by atoms with Crippen molar-refractivity contribution in [3.05, 3.63) is 30.3 Å². The zero-order chi connectivity index (χ0) is 19.1. The molecule has 3 rings (SSSR count). The highest BCUT2D eigenvalue weighted by molar-refractivity contribution is 5.86. The number of amides is 2. The molecular formula is C20H30ClN3O4. The van der Waals surface area contributed by atoms with E-state index in [0.29, 0.717) is 32.7 Å². The number of rotatable bonds is 8. The molecule has 2 fully saturated rings. The van der Waals surface area contributed by atoms with Crippen molar-refractivity contribution in [2.75, 3.05) is 46.5 Å². The molecule has 0 radical (unpaired) electrons. The Morgan fingerprint density at radius 3 is 2.68 bits per heavy atom. The van der Waals surface area contributed by atoms with E-state index in [-0.39, 0.29) is 30.3 Å². The van der Waals surface area contributed by atoms with E-state index in [1.165, 1.54) is 0 Å². The van der Waals surface area contributed by atoms with E-state index < -0.39 is 5.41 Å². The molecule has 2 saturated heterocycles. The van der Waals surface area contributed by atoms with Gasteiger partial charge in [-0.1, -0.05) is 18.2 Å². The molecule has 1 aromatic rings. The van der Waals surface area contributed by atoms with Gasteiger partial charge in [0.2, 0.25) is 11.8 Å². The molecule has 156 valence electrons. The maximum absolute atomic E-state index is 12.9. The number of benzene rings is 1. The van der Waals surface area contributed by atoms with Crippen molar-refractivity contribution >= 4 is 24.2 Å². The van der Waals surface area contributed by atoms with Gasteiger partial charge in [0.05, 0.1) is 24.6 Å². The number of piperidine rings is 1. The first-order chi connectivity index (χ1) is 13.1. The Bertz CT molecular complexity index is 632. The average molecular weight is 412 g/mol. The lowest BCUT2D eigenvalue weighted by Gasteiger charge is -2.36. The number of halogens is 1. The lowest BCUT2D eigenvalue weighted by Crippen LogP contribution is -2.52. The SMILES string of the molecule is COCC1(C(=O)NC2CC(=O)N(CCOc3ccccc3)C2)CCNCC1.Cl. The number of para-hydroxylation sites is 1. The molecule has 0 saturated carbocycles. The summed E-state index contributed by atoms with van der Waals surface area (Å²) in [6.45, 7) is 3.52. The zero-order valence-corrected chi connectivity index (χ0v) is 17.1. The molecule has 28 heavy (non-hydrogen) atoms. The van der Waals surface area contributed by atoms with Gasteiger partial charge in [0.15, 0.2) is 0 Å². The number of carbonyl (C=O) groups excluding carboxylic acids is 2. The first-order valence-corrected chi connectivity index (χ1v) is 9.59. The number of ether oxygens (including phenoxy) is 2. The summed E-state index contributed by atoms with van der Waals surface area (Å²) in [5.41, 5.74) is -0.493. The monoisotopic (exact) mass is 411 g/mol. The van der Waals surface area contributed by atoms with Crippen LogP contribution in [0.1, 0.15) is 19.3 Å². The van der Waals surface area contributed by atoms with Crippen LogP contribution in [-0.2, 0) is 14.3 Å². The van der Waals surface area contributed by atoms with Gasteiger partial charge in [-0.2, -0.15) is 0 Å². The summed E-state index contributed by atoms with van der Waals surface area (Å²) < 4.78 is 11.0. The molecule has 2 heterocycles. The van der Waals surface area contributed by atoms with E-state index in [0.717, 1.165) is 31.7 Å². The lowest BCUT2D eigenvalue weighted by molar-refractivity contribution is -0.136. The third-order valence-electron chi connectivity index (χ3n) is 5.39. The van der Waals surface area contributed by atoms with E-state index >= 15 is 0 Å². The standard InChI is InChI=1S/C20H29N3O4.ClH/c1-26-15-20(7-9-21-10-8-20)19(25)22-16-13-18(24)23(14-16)11-12-27-17-5-3-2-4-6-17;/h2-6,16,21H,7-15H2,1H3,(H,22,25);1H. The maximum atomic E-state index is 12.9. The van der Waals surface area contributed by atoms with Crippen LogP contribution in [0.5, 0.6) is 5.75 Å². The van der Waals surface area contributed by atoms with Gasteiger partial charge in [-0.25, -0.2) is 0 Å². The second-order valence-corrected chi connectivity index (χ2v) is 7.34. The normalized spacial score (nSPS) is 21.1. The summed E-state index contributed by atoms with van der Waals surface area (Å²) in [6, 6.07) is 9.40. The number of likely N-dealkylation sites (tertiary alicyclic amines) is 1. The van der Waals surface area contributed by atoms with Crippen molar-refractivity contribution in [2.45, 2.75) is 25.3 Å². The molecule has 2 N–H and O–H groups in total. The van der Waals surface area contributed by atoms with E-state index in [1.54, 1.807) is 12.0 Å². The van der Waals surface area contributed by atoms with Crippen molar-refractivity contribution in [3.63, 3.8) is 0 Å². The van der Waals surface area contributed by atoms with E-state index in [1.807, 2.05) is 30.3 Å². The highest BCUT2D eigenvalue weighted by Crippen LogP contribution is 2.30. The van der Waals surface area contributed by atoms with Crippen LogP contribution in [0.2, 0.25) is 0 Å². The van der Waals surface area contributed by atoms with Crippen LogP contribution in [0.15, 0.2) is 30.3 Å². The molecule has 1 aromatic carbocycles. The van der Waals surface area contributed by atoms with Crippen molar-refractivity contribution in [3.8, 4) is 5.75 Å². The fourth-order valence-electron chi connectivity index (χ4n) is 3.83. The summed E-state index contributed by atoms with van der Waals surface area (Å²) in [5.74, 6) is 0.857. The van der Waals surface area contributed by atoms with Crippen LogP contribution in [0.3, 0.4) is 0 Å². The molecule has 1 unspecified atom stereocenters. The number of hydrogen-bond donors (Lipinski definition) is 2. The lowest BCUT2D eigenvalue weighted by atomic mass is 9.78. The Hall–Kier alpha value is -1.83. The van der Waals surface area contributed by atoms with Crippen molar-refractivity contribution < 1.29 is 19.1 Å². The topological polar surface area (TPSA) is 79.9 Å². The van der Waals surface area contributed by atoms with Crippen LogP contribution in [-0.4, -0.2) is 69.3 Å². The minimum atomic E-state index is -0.493. The number of nitrogens with zero attached hydrogens (tertiary/aromatic N) is 1. The summed E-state index contributed by atoms with van der Waals surface area (Å²) in [6.07, 6.45) is 1.85. The minimum absolute atomic E-state index is 0. The zero-order valence-electron chi connectivity index (χ0n) is 16.3. The molecule has 0 bridgehead atoms. The van der Waals surface area contributed by atoms with Crippen LogP contribution in [0, 0.1) is 5.41 Å². The van der Waals surface area contributed by atoms with Crippen LogP contribution in [0.4, 0.5) is 0 Å². The molecule has 8 heteroatoms. The average Bonchev–Trinajstić information content (AvgIpc) is 3.03. The second-order valence-electron chi connectivity index (χ2n) is 7.34. The predicted octanol–water partition coefficient (Wildman–Crippen LogP) is 1.22. The highest BCUT2D eigenvalue weighted by atomic mass is 35.5. The predicted molar refractivity (Wildman–Crippen MR) is 109 cm³/mol. The molecule has 2 aliphatic heterocycles. The van der Waals surface area contributed by atoms with Gasteiger partial charge in [0, 0.05) is 20.1 Å². The number of hydrogen-bond acceptors (Lipinski definition) is 5. The molecule has 1 atom stereocenters. The van der Waals surface area contributed by atoms with Crippen LogP contribution in [0.25, 0.3) is 0 Å². The van der Waals surface area contributed by atoms with Crippen molar-refractivity contribution in [1.82, 2.24) is 15.5 Å². The third kappa shape index (κ3) is 5.59. The number of nitrogens with one attached hydrogen (secondary N) is 2. The van der Waals surface area contributed by atoms with E-state index in [9.17, 15) is 9.59 Å². The van der Waals surface area contributed by atoms with E-state index in [2.05, 4.69) is 10.6 Å². The van der Waals surface area contributed by atoms with Crippen molar-refractivity contribution in [2.24, 2.45) is 5.41 Å². The molecular weight excluding hydrogens is 382 g/mol. The maximum Gasteiger partial charge on any atom is 0.228 e. The molecule has 7 nitrogen and oxygen atoms in total. The number of carbonyl (C=O) groups is 2. The molecule has 0 aromatic heterocycles. The Labute approximate surface area is 172 Å². The minimum Gasteiger partial charge on any atom is -0.492 e. The highest BCUT2D eigenvalue weighted by Gasteiger charge is 2.41. The molecule has 2 amide bonds. The van der Waals surface area contributed by atoms with Crippen LogP contribution >= 0.6 is 12.4 Å². The Morgan fingerprint density at radius 1 is 1.29 bits per heavy atom. The molecule has 0 aliphatic carbocycles. The number of methoxy groups -OCH3 is 1. The van der Waals surface area contributed by atoms with E-state index in [4.69, 9.17) is 9.47 Å². The second kappa shape index (κ2) is 10.6. The molecule has 0 spiro atoms. The quantitative estimate of drug-likeness (QED) is 0.672. The van der Waals surface area contributed by atoms with Gasteiger partial charge in [-0.3, -0.25) is 9.59 Å². The van der Waals surface area contributed by atoms with Gasteiger partial charge in [0.1, 0.15) is 12.4 Å². The third-order valence-corrected chi connectivity index (χ3v) is 5.39. The van der Waals surface area contributed by atoms with Gasteiger partial charge in [-0.15, -0.1) is 12.4 Å². The Kier molecular flexibility index (Phi) is 8.54. The van der Waals surface area contributed by atoms with Gasteiger partial charge in [0.25, 0.3) is 0 Å². The van der Waals surface area contributed by atoms with Crippen molar-refractivity contribution in [1.29, 1.82) is 0 Å². The summed E-state index contributed by atoms with van der Waals surface area (Å²) in [7, 11) is 1.63. The Morgan fingerprint density at radius 2 is 2.00 bits per heavy atom. The summed E-state index contributed by atoms with van der Waals surface area (Å²) in [5, 5.41) is 6.38. The fraction of sp³-hybridized carbons (Fsp3) is 0.600. The summed E-state index contributed by atoms with van der Waals surface area (Å²) >= 11 is 0. The largest absolute Gasteiger partial charge is 0.492 e. The molecule has 2 aliphatic rings. The summed E-state index contributed by atoms with van der Waals surface area (Å²) in [4.78, 5) is 26.9. The smallest absolute Gasteiger partial charge is 0.228 e. The first kappa shape index (κ1) is 22.5. The van der Waals surface area contributed by atoms with Crippen LogP contribution < -0.4 is 15.4 Å². The van der Waals surface area contributed by atoms with Gasteiger partial charge < -0.3 is 25.0 Å².